The number of pyridine rings is 1. The standard InChI is InChI=1S/C16H9F5N4O2/c17-11-2-1-10(7-12(11)18)25-14(16(19,20)21)13(8-23-25)27-15(26)24-9-3-5-22-6-4-9/h1-8H,(H,22,24,26). The van der Waals surface area contributed by atoms with Crippen LogP contribution in [0.2, 0.25) is 0 Å². The number of anilines is 1. The zero-order valence-electron chi connectivity index (χ0n) is 13.2. The molecule has 140 valence electrons. The molecule has 3 aromatic rings. The van der Waals surface area contributed by atoms with E-state index < -0.39 is 41.0 Å². The van der Waals surface area contributed by atoms with Gasteiger partial charge in [-0.05, 0) is 24.3 Å². The van der Waals surface area contributed by atoms with E-state index in [1.54, 1.807) is 0 Å². The molecule has 0 aliphatic rings. The molecular formula is C16H9F5N4O2. The number of ether oxygens (including phenoxy) is 1. The molecule has 1 amide bonds. The van der Waals surface area contributed by atoms with Crippen molar-refractivity contribution in [3.63, 3.8) is 0 Å². The molecule has 0 unspecified atom stereocenters. The number of halogens is 5. The molecule has 1 N–H and O–H groups in total. The maximum atomic E-state index is 13.4. The van der Waals surface area contributed by atoms with Crippen LogP contribution in [-0.4, -0.2) is 20.9 Å². The minimum absolute atomic E-state index is 0.247. The molecule has 0 atom stereocenters. The molecule has 11 heteroatoms. The Morgan fingerprint density at radius 3 is 2.41 bits per heavy atom. The van der Waals surface area contributed by atoms with E-state index in [1.165, 1.54) is 24.5 Å². The van der Waals surface area contributed by atoms with Gasteiger partial charge in [-0.3, -0.25) is 10.3 Å². The predicted molar refractivity (Wildman–Crippen MR) is 82.4 cm³/mol. The van der Waals surface area contributed by atoms with Crippen LogP contribution in [0.25, 0.3) is 5.69 Å². The quantitative estimate of drug-likeness (QED) is 0.688. The number of alkyl halides is 3. The number of hydrogen-bond donors (Lipinski definition) is 1. The van der Waals surface area contributed by atoms with Crippen LogP contribution in [0.4, 0.5) is 32.4 Å². The lowest BCUT2D eigenvalue weighted by Crippen LogP contribution is -2.20. The minimum atomic E-state index is -4.99. The van der Waals surface area contributed by atoms with Gasteiger partial charge < -0.3 is 4.74 Å². The van der Waals surface area contributed by atoms with E-state index in [-0.39, 0.29) is 5.69 Å². The highest BCUT2D eigenvalue weighted by Gasteiger charge is 2.40. The molecule has 0 saturated heterocycles. The average Bonchev–Trinajstić information content (AvgIpc) is 3.02. The van der Waals surface area contributed by atoms with Crippen molar-refractivity contribution < 1.29 is 31.5 Å². The molecule has 0 fully saturated rings. The normalized spacial score (nSPS) is 11.3. The van der Waals surface area contributed by atoms with Crippen molar-refractivity contribution in [1.82, 2.24) is 14.8 Å². The first-order valence-electron chi connectivity index (χ1n) is 7.25. The van der Waals surface area contributed by atoms with Crippen molar-refractivity contribution in [2.75, 3.05) is 5.32 Å². The van der Waals surface area contributed by atoms with Crippen molar-refractivity contribution in [3.05, 3.63) is 66.3 Å². The maximum Gasteiger partial charge on any atom is 0.437 e. The van der Waals surface area contributed by atoms with E-state index in [0.717, 1.165) is 6.07 Å². The van der Waals surface area contributed by atoms with Crippen LogP contribution in [0.5, 0.6) is 5.75 Å². The molecule has 0 saturated carbocycles. The van der Waals surface area contributed by atoms with Crippen LogP contribution in [0.15, 0.2) is 48.9 Å². The smallest absolute Gasteiger partial charge is 0.406 e. The Morgan fingerprint density at radius 1 is 1.07 bits per heavy atom. The van der Waals surface area contributed by atoms with E-state index >= 15 is 0 Å². The van der Waals surface area contributed by atoms with Crippen molar-refractivity contribution >= 4 is 11.8 Å². The van der Waals surface area contributed by atoms with Gasteiger partial charge in [0.15, 0.2) is 23.1 Å². The second kappa shape index (κ2) is 7.02. The molecule has 27 heavy (non-hydrogen) atoms. The number of carbonyl (C=O) groups excluding carboxylic acids is 1. The van der Waals surface area contributed by atoms with Gasteiger partial charge in [-0.1, -0.05) is 0 Å². The summed E-state index contributed by atoms with van der Waals surface area (Å²) in [5.74, 6) is -3.49. The predicted octanol–water partition coefficient (Wildman–Crippen LogP) is 4.18. The Morgan fingerprint density at radius 2 is 1.78 bits per heavy atom. The van der Waals surface area contributed by atoms with Gasteiger partial charge in [0.2, 0.25) is 0 Å². The van der Waals surface area contributed by atoms with Gasteiger partial charge in [0, 0.05) is 24.1 Å². The SMILES string of the molecule is O=C(Nc1ccncc1)Oc1cnn(-c2ccc(F)c(F)c2)c1C(F)(F)F. The second-order valence-corrected chi connectivity index (χ2v) is 5.12. The minimum Gasteiger partial charge on any atom is -0.406 e. The highest BCUT2D eigenvalue weighted by atomic mass is 19.4. The highest BCUT2D eigenvalue weighted by molar-refractivity contribution is 5.86. The van der Waals surface area contributed by atoms with Crippen molar-refractivity contribution in [3.8, 4) is 11.4 Å². The summed E-state index contributed by atoms with van der Waals surface area (Å²) in [7, 11) is 0. The number of amides is 1. The molecule has 0 aliphatic carbocycles. The lowest BCUT2D eigenvalue weighted by Gasteiger charge is -2.13. The lowest BCUT2D eigenvalue weighted by atomic mass is 10.3. The Balaban J connectivity index is 1.93. The van der Waals surface area contributed by atoms with Crippen LogP contribution >= 0.6 is 0 Å². The summed E-state index contributed by atoms with van der Waals surface area (Å²) in [5.41, 5.74) is -1.61. The molecular weight excluding hydrogens is 375 g/mol. The first-order valence-corrected chi connectivity index (χ1v) is 7.25. The summed E-state index contributed by atoms with van der Waals surface area (Å²) in [5, 5.41) is 5.70. The third kappa shape index (κ3) is 4.02. The lowest BCUT2D eigenvalue weighted by molar-refractivity contribution is -0.143. The van der Waals surface area contributed by atoms with Gasteiger partial charge in [-0.2, -0.15) is 18.3 Å². The maximum absolute atomic E-state index is 13.4. The molecule has 0 bridgehead atoms. The number of nitrogens with zero attached hydrogens (tertiary/aromatic N) is 3. The van der Waals surface area contributed by atoms with Gasteiger partial charge in [0.05, 0.1) is 11.9 Å². The van der Waals surface area contributed by atoms with Gasteiger partial charge in [0.1, 0.15) is 0 Å². The Bertz CT molecular complexity index is 973. The largest absolute Gasteiger partial charge is 0.437 e. The van der Waals surface area contributed by atoms with E-state index in [4.69, 9.17) is 4.74 Å². The molecule has 3 rings (SSSR count). The topological polar surface area (TPSA) is 69.0 Å². The number of hydrogen-bond acceptors (Lipinski definition) is 4. The van der Waals surface area contributed by atoms with Crippen molar-refractivity contribution in [2.24, 2.45) is 0 Å². The number of aromatic nitrogens is 3. The van der Waals surface area contributed by atoms with Crippen molar-refractivity contribution in [1.29, 1.82) is 0 Å². The summed E-state index contributed by atoms with van der Waals surface area (Å²) >= 11 is 0. The number of carbonyl (C=O) groups is 1. The van der Waals surface area contributed by atoms with Gasteiger partial charge in [0.25, 0.3) is 0 Å². The zero-order chi connectivity index (χ0) is 19.6. The van der Waals surface area contributed by atoms with Crippen molar-refractivity contribution in [2.45, 2.75) is 6.18 Å². The van der Waals surface area contributed by atoms with E-state index in [9.17, 15) is 26.7 Å². The first-order chi connectivity index (χ1) is 12.8. The monoisotopic (exact) mass is 384 g/mol. The third-order valence-corrected chi connectivity index (χ3v) is 3.28. The van der Waals surface area contributed by atoms with Crippen LogP contribution < -0.4 is 10.1 Å². The number of benzene rings is 1. The molecule has 1 aromatic carbocycles. The summed E-state index contributed by atoms with van der Waals surface area (Å²) < 4.78 is 71.7. The average molecular weight is 384 g/mol. The zero-order valence-corrected chi connectivity index (χ0v) is 13.2. The summed E-state index contributed by atoms with van der Waals surface area (Å²) in [6.45, 7) is 0. The van der Waals surface area contributed by atoms with E-state index in [0.29, 0.717) is 23.0 Å². The molecule has 2 aromatic heterocycles. The number of nitrogens with one attached hydrogen (secondary N) is 1. The Kier molecular flexibility index (Phi) is 4.75. The molecule has 0 spiro atoms. The molecule has 6 nitrogen and oxygen atoms in total. The third-order valence-electron chi connectivity index (χ3n) is 3.28. The summed E-state index contributed by atoms with van der Waals surface area (Å²) in [6, 6.07) is 4.90. The first kappa shape index (κ1) is 18.3. The fourth-order valence-electron chi connectivity index (χ4n) is 2.16. The van der Waals surface area contributed by atoms with Crippen LogP contribution in [0.3, 0.4) is 0 Å². The molecule has 0 aliphatic heterocycles. The highest BCUT2D eigenvalue weighted by Crippen LogP contribution is 2.37. The van der Waals surface area contributed by atoms with Gasteiger partial charge in [-0.25, -0.2) is 18.3 Å². The van der Waals surface area contributed by atoms with Gasteiger partial charge in [-0.15, -0.1) is 0 Å². The van der Waals surface area contributed by atoms with E-state index in [2.05, 4.69) is 15.4 Å². The van der Waals surface area contributed by atoms with Crippen LogP contribution in [0, 0.1) is 11.6 Å². The second-order valence-electron chi connectivity index (χ2n) is 5.12. The summed E-state index contributed by atoms with van der Waals surface area (Å²) in [4.78, 5) is 15.6. The Labute approximate surface area is 148 Å². The fraction of sp³-hybridized carbons (Fsp3) is 0.0625. The molecule has 0 radical (unpaired) electrons. The summed E-state index contributed by atoms with van der Waals surface area (Å²) in [6.07, 6.45) is -2.82. The van der Waals surface area contributed by atoms with Crippen LogP contribution in [-0.2, 0) is 6.18 Å². The van der Waals surface area contributed by atoms with Gasteiger partial charge >= 0.3 is 12.3 Å². The van der Waals surface area contributed by atoms with E-state index in [1.807, 2.05) is 0 Å². The molecule has 2 heterocycles. The van der Waals surface area contributed by atoms with Crippen LogP contribution in [0.1, 0.15) is 5.69 Å². The Hall–Kier alpha value is -3.50. The number of rotatable bonds is 3. The fourth-order valence-corrected chi connectivity index (χ4v) is 2.16.